The van der Waals surface area contributed by atoms with Crippen LogP contribution < -0.4 is 10.1 Å². The van der Waals surface area contributed by atoms with Crippen LogP contribution in [0.3, 0.4) is 0 Å². The van der Waals surface area contributed by atoms with Gasteiger partial charge in [0.25, 0.3) is 0 Å². The van der Waals surface area contributed by atoms with Gasteiger partial charge >= 0.3 is 18.4 Å². The van der Waals surface area contributed by atoms with Crippen LogP contribution in [0.25, 0.3) is 11.3 Å². The van der Waals surface area contributed by atoms with Gasteiger partial charge < -0.3 is 24.0 Å². The monoisotopic (exact) mass is 572 g/mol. The highest BCUT2D eigenvalue weighted by molar-refractivity contribution is 5.98. The number of carboxylic acid groups (broad SMARTS) is 1. The fourth-order valence-corrected chi connectivity index (χ4v) is 5.85. The largest absolute Gasteiger partial charge is 0.573 e. The Morgan fingerprint density at radius 3 is 2.49 bits per heavy atom. The van der Waals surface area contributed by atoms with Crippen LogP contribution in [0.1, 0.15) is 66.1 Å². The minimum Gasteiger partial charge on any atom is -0.478 e. The molecule has 2 atom stereocenters. The first-order valence-electron chi connectivity index (χ1n) is 13.4. The molecule has 4 heterocycles. The molecule has 1 aliphatic carbocycles. The van der Waals surface area contributed by atoms with Crippen LogP contribution >= 0.6 is 0 Å². The lowest BCUT2D eigenvalue weighted by Gasteiger charge is -2.38. The molecule has 10 nitrogen and oxygen atoms in total. The summed E-state index contributed by atoms with van der Waals surface area (Å²) in [6.07, 6.45) is 0.841. The fourth-order valence-electron chi connectivity index (χ4n) is 5.85. The van der Waals surface area contributed by atoms with E-state index in [0.29, 0.717) is 24.2 Å². The van der Waals surface area contributed by atoms with Gasteiger partial charge in [0.1, 0.15) is 28.6 Å². The van der Waals surface area contributed by atoms with Gasteiger partial charge in [-0.3, -0.25) is 5.32 Å². The Balaban J connectivity index is 1.16. The maximum atomic E-state index is 13.1. The van der Waals surface area contributed by atoms with Crippen LogP contribution in [0.4, 0.5) is 23.8 Å². The average Bonchev–Trinajstić information content (AvgIpc) is 3.62. The van der Waals surface area contributed by atoms with E-state index in [1.165, 1.54) is 36.5 Å². The number of benzene rings is 1. The first-order valence-corrected chi connectivity index (χ1v) is 13.4. The Kier molecular flexibility index (Phi) is 7.06. The third-order valence-corrected chi connectivity index (χ3v) is 7.79. The summed E-state index contributed by atoms with van der Waals surface area (Å²) in [5.74, 6) is -0.797. The lowest BCUT2D eigenvalue weighted by Crippen LogP contribution is -2.50. The number of rotatable bonds is 8. The number of nitrogens with zero attached hydrogens (tertiary/aromatic N) is 3. The first kappa shape index (κ1) is 27.1. The van der Waals surface area contributed by atoms with Gasteiger partial charge in [0.05, 0.1) is 12.7 Å². The second kappa shape index (κ2) is 10.7. The molecule has 1 saturated carbocycles. The van der Waals surface area contributed by atoms with E-state index in [0.717, 1.165) is 25.7 Å². The normalized spacial score (nSPS) is 22.0. The third-order valence-electron chi connectivity index (χ3n) is 7.79. The quantitative estimate of drug-likeness (QED) is 0.339. The second-order valence-electron chi connectivity index (χ2n) is 10.5. The summed E-state index contributed by atoms with van der Waals surface area (Å²) in [6.45, 7) is 0.0945. The minimum absolute atomic E-state index is 0.00912. The van der Waals surface area contributed by atoms with Gasteiger partial charge in [-0.1, -0.05) is 17.3 Å². The number of pyridine rings is 1. The summed E-state index contributed by atoms with van der Waals surface area (Å²) >= 11 is 0. The van der Waals surface area contributed by atoms with E-state index in [-0.39, 0.29) is 59.1 Å². The fraction of sp³-hybridized carbons (Fsp3) is 0.429. The van der Waals surface area contributed by atoms with Gasteiger partial charge in [-0.2, -0.15) is 0 Å². The van der Waals surface area contributed by atoms with Gasteiger partial charge in [0.2, 0.25) is 0 Å². The topological polar surface area (TPSA) is 127 Å². The van der Waals surface area contributed by atoms with Crippen molar-refractivity contribution in [3.63, 3.8) is 0 Å². The number of hydrogen-bond acceptors (Lipinski definition) is 7. The summed E-state index contributed by atoms with van der Waals surface area (Å²) in [6, 6.07) is 8.05. The van der Waals surface area contributed by atoms with Crippen molar-refractivity contribution in [1.29, 1.82) is 0 Å². The molecule has 13 heteroatoms. The van der Waals surface area contributed by atoms with Crippen molar-refractivity contribution >= 4 is 17.8 Å². The molecule has 6 rings (SSSR count). The van der Waals surface area contributed by atoms with Crippen molar-refractivity contribution in [3.8, 4) is 17.0 Å². The highest BCUT2D eigenvalue weighted by Gasteiger charge is 2.44. The molecule has 2 N–H and O–H groups in total. The van der Waals surface area contributed by atoms with Gasteiger partial charge in [0.15, 0.2) is 0 Å². The number of aromatic carboxylic acids is 1. The van der Waals surface area contributed by atoms with E-state index >= 15 is 0 Å². The van der Waals surface area contributed by atoms with E-state index in [1.807, 2.05) is 0 Å². The van der Waals surface area contributed by atoms with Crippen LogP contribution in [0.5, 0.6) is 5.75 Å². The van der Waals surface area contributed by atoms with Gasteiger partial charge in [-0.05, 0) is 62.8 Å². The van der Waals surface area contributed by atoms with Crippen LogP contribution in [0.2, 0.25) is 0 Å². The molecule has 2 aliphatic heterocycles. The lowest BCUT2D eigenvalue weighted by molar-refractivity contribution is -0.274. The number of ether oxygens (including phenoxy) is 2. The van der Waals surface area contributed by atoms with E-state index in [1.54, 1.807) is 11.0 Å². The predicted molar refractivity (Wildman–Crippen MR) is 137 cm³/mol. The minimum atomic E-state index is -4.86. The molecule has 2 aromatic heterocycles. The van der Waals surface area contributed by atoms with Crippen molar-refractivity contribution in [3.05, 3.63) is 59.5 Å². The number of nitrogens with one attached hydrogen (secondary N) is 1. The zero-order valence-electron chi connectivity index (χ0n) is 21.8. The molecule has 2 unspecified atom stereocenters. The Bertz CT molecular complexity index is 1440. The summed E-state index contributed by atoms with van der Waals surface area (Å²) in [4.78, 5) is 30.4. The number of piperidine rings is 1. The number of halogens is 3. The number of anilines is 1. The van der Waals surface area contributed by atoms with E-state index in [9.17, 15) is 27.9 Å². The average molecular weight is 573 g/mol. The number of alkyl halides is 3. The Morgan fingerprint density at radius 1 is 1.07 bits per heavy atom. The number of carboxylic acids is 1. The molecule has 2 bridgehead atoms. The van der Waals surface area contributed by atoms with E-state index in [2.05, 4.69) is 20.2 Å². The van der Waals surface area contributed by atoms with Crippen molar-refractivity contribution in [2.24, 2.45) is 0 Å². The summed E-state index contributed by atoms with van der Waals surface area (Å²) < 4.78 is 55.4. The number of para-hydroxylation sites is 1. The highest BCUT2D eigenvalue weighted by atomic mass is 19.4. The summed E-state index contributed by atoms with van der Waals surface area (Å²) in [5.41, 5.74) is 0.941. The lowest BCUT2D eigenvalue weighted by atomic mass is 9.99. The first-order chi connectivity index (χ1) is 19.7. The Hall–Kier alpha value is -4.13. The molecule has 3 aromatic rings. The second-order valence-corrected chi connectivity index (χ2v) is 10.5. The molecule has 0 radical (unpaired) electrons. The maximum Gasteiger partial charge on any atom is 0.573 e. The van der Waals surface area contributed by atoms with Gasteiger partial charge in [-0.15, -0.1) is 13.2 Å². The highest BCUT2D eigenvalue weighted by Crippen LogP contribution is 2.46. The van der Waals surface area contributed by atoms with Crippen LogP contribution in [-0.4, -0.2) is 56.7 Å². The molecule has 2 saturated heterocycles. The van der Waals surface area contributed by atoms with E-state index < -0.39 is 18.4 Å². The zero-order chi connectivity index (χ0) is 28.7. The molecule has 3 fully saturated rings. The summed E-state index contributed by atoms with van der Waals surface area (Å²) in [7, 11) is 0. The Labute approximate surface area is 232 Å². The molecule has 2 amide bonds. The number of amides is 2. The zero-order valence-corrected chi connectivity index (χ0v) is 21.8. The molecule has 0 spiro atoms. The molecule has 3 aliphatic rings. The number of carbonyl (C=O) groups is 2. The van der Waals surface area contributed by atoms with Gasteiger partial charge in [-0.25, -0.2) is 14.6 Å². The number of carbonyl (C=O) groups excluding carboxylic acids is 1. The van der Waals surface area contributed by atoms with E-state index in [4.69, 9.17) is 9.26 Å². The maximum absolute atomic E-state index is 13.1. The molecule has 1 aromatic carbocycles. The van der Waals surface area contributed by atoms with Crippen LogP contribution in [-0.2, 0) is 11.3 Å². The third kappa shape index (κ3) is 5.71. The van der Waals surface area contributed by atoms with Crippen molar-refractivity contribution < 1.29 is 41.9 Å². The SMILES string of the molecule is O=C(O)c1cccnc1NC(=O)N1C2CCC1CC(OCc1c(-c3ccccc3OC(F)(F)F)noc1C1CC1)C2. The Morgan fingerprint density at radius 2 is 1.80 bits per heavy atom. The summed E-state index contributed by atoms with van der Waals surface area (Å²) in [5, 5.41) is 16.2. The van der Waals surface area contributed by atoms with Crippen molar-refractivity contribution in [1.82, 2.24) is 15.0 Å². The molecule has 216 valence electrons. The smallest absolute Gasteiger partial charge is 0.478 e. The molecule has 41 heavy (non-hydrogen) atoms. The number of urea groups is 1. The number of hydrogen-bond donors (Lipinski definition) is 2. The van der Waals surface area contributed by atoms with Crippen LogP contribution in [0, 0.1) is 0 Å². The number of fused-ring (bicyclic) bond motifs is 2. The number of aromatic nitrogens is 2. The predicted octanol–water partition coefficient (Wildman–Crippen LogP) is 5.95. The molecular weight excluding hydrogens is 545 g/mol. The van der Waals surface area contributed by atoms with Crippen LogP contribution in [0.15, 0.2) is 47.1 Å². The molecular formula is C28H27F3N4O6. The van der Waals surface area contributed by atoms with Crippen molar-refractivity contribution in [2.45, 2.75) is 75.6 Å². The van der Waals surface area contributed by atoms with Gasteiger partial charge in [0, 0.05) is 35.3 Å². The van der Waals surface area contributed by atoms with Crippen molar-refractivity contribution in [2.75, 3.05) is 5.32 Å². The standard InChI is InChI=1S/C28H27F3N4O6/c29-28(30,31)40-22-6-2-1-4-19(22)23-21(24(41-34-23)15-7-8-15)14-39-18-12-16-9-10-17(13-18)35(16)27(38)33-25-20(26(36)37)5-3-11-32-25/h1-6,11,15-18H,7-10,12-14H2,(H,36,37)(H,32,33,38).